The van der Waals surface area contributed by atoms with Crippen LogP contribution >= 0.6 is 0 Å². The Morgan fingerprint density at radius 3 is 2.38 bits per heavy atom. The van der Waals surface area contributed by atoms with Crippen LogP contribution in [0.25, 0.3) is 0 Å². The second-order valence-electron chi connectivity index (χ2n) is 8.00. The molecule has 6 nitrogen and oxygen atoms in total. The Bertz CT molecular complexity index is 1090. The van der Waals surface area contributed by atoms with E-state index in [1.54, 1.807) is 30.1 Å². The van der Waals surface area contributed by atoms with E-state index in [1.807, 2.05) is 30.3 Å². The number of halogens is 2. The van der Waals surface area contributed by atoms with Gasteiger partial charge in [0, 0.05) is 38.1 Å². The minimum absolute atomic E-state index is 0.0734. The van der Waals surface area contributed by atoms with Crippen molar-refractivity contribution in [1.29, 1.82) is 0 Å². The molecular weight excluding hydrogens is 440 g/mol. The van der Waals surface area contributed by atoms with Crippen molar-refractivity contribution in [3.8, 4) is 5.75 Å². The van der Waals surface area contributed by atoms with Gasteiger partial charge in [0.25, 0.3) is 5.91 Å². The first-order valence-electron chi connectivity index (χ1n) is 11.1. The molecule has 1 fully saturated rings. The number of carbonyl (C=O) groups excluding carboxylic acids is 1. The number of anilines is 3. The first kappa shape index (κ1) is 23.5. The van der Waals surface area contributed by atoms with Gasteiger partial charge in [-0.15, -0.1) is 0 Å². The van der Waals surface area contributed by atoms with Gasteiger partial charge in [-0.25, -0.2) is 0 Å². The van der Waals surface area contributed by atoms with Crippen molar-refractivity contribution in [3.63, 3.8) is 0 Å². The highest BCUT2D eigenvalue weighted by molar-refractivity contribution is 6.00. The van der Waals surface area contributed by atoms with Crippen LogP contribution in [0.2, 0.25) is 0 Å². The summed E-state index contributed by atoms with van der Waals surface area (Å²) >= 11 is 0. The number of rotatable bonds is 8. The smallest absolute Gasteiger partial charge is 0.387 e. The summed E-state index contributed by atoms with van der Waals surface area (Å²) in [4.78, 5) is 17.2. The maximum absolute atomic E-state index is 13.2. The van der Waals surface area contributed by atoms with E-state index in [0.29, 0.717) is 23.5 Å². The average Bonchev–Trinajstić information content (AvgIpc) is 2.86. The van der Waals surface area contributed by atoms with Crippen LogP contribution in [-0.2, 0) is 11.3 Å². The number of carbonyl (C=O) groups is 1. The van der Waals surface area contributed by atoms with Crippen LogP contribution in [0, 0.1) is 0 Å². The minimum atomic E-state index is -2.87. The molecule has 1 amide bonds. The molecule has 0 bridgehead atoms. The number of benzene rings is 3. The fourth-order valence-electron chi connectivity index (χ4n) is 3.84. The number of hydrogen-bond donors (Lipinski definition) is 1. The third-order valence-corrected chi connectivity index (χ3v) is 5.59. The highest BCUT2D eigenvalue weighted by Crippen LogP contribution is 2.25. The zero-order valence-electron chi connectivity index (χ0n) is 18.9. The number of nitrogens with zero attached hydrogens (tertiary/aromatic N) is 2. The second-order valence-corrected chi connectivity index (χ2v) is 8.00. The molecule has 0 saturated carbocycles. The summed E-state index contributed by atoms with van der Waals surface area (Å²) in [5.74, 6) is -0.0534. The number of amides is 1. The molecule has 0 radical (unpaired) electrons. The van der Waals surface area contributed by atoms with Gasteiger partial charge < -0.3 is 24.6 Å². The van der Waals surface area contributed by atoms with Crippen LogP contribution in [0.3, 0.4) is 0 Å². The fourth-order valence-corrected chi connectivity index (χ4v) is 3.84. The van der Waals surface area contributed by atoms with Gasteiger partial charge in [0.2, 0.25) is 0 Å². The standard InChI is InChI=1S/C26H27F2N3O3/c1-30(18-19-6-10-21(11-7-19)31-14-16-33-17-15-31)25(32)23-4-2-3-5-24(23)29-20-8-12-22(13-9-20)34-26(27)28/h2-13,26,29H,14-18H2,1H3. The lowest BCUT2D eigenvalue weighted by Gasteiger charge is -2.29. The van der Waals surface area contributed by atoms with Crippen molar-refractivity contribution in [2.24, 2.45) is 0 Å². The lowest BCUT2D eigenvalue weighted by Crippen LogP contribution is -2.36. The molecule has 4 rings (SSSR count). The SMILES string of the molecule is CN(Cc1ccc(N2CCOCC2)cc1)C(=O)c1ccccc1Nc1ccc(OC(F)F)cc1. The number of morpholine rings is 1. The van der Waals surface area contributed by atoms with Gasteiger partial charge in [0.15, 0.2) is 0 Å². The monoisotopic (exact) mass is 467 g/mol. The molecule has 3 aromatic rings. The van der Waals surface area contributed by atoms with Crippen molar-refractivity contribution in [1.82, 2.24) is 4.90 Å². The molecule has 0 spiro atoms. The van der Waals surface area contributed by atoms with Gasteiger partial charge in [-0.2, -0.15) is 8.78 Å². The van der Waals surface area contributed by atoms with Gasteiger partial charge in [0.05, 0.1) is 24.5 Å². The van der Waals surface area contributed by atoms with E-state index in [1.165, 1.54) is 12.1 Å². The van der Waals surface area contributed by atoms with Gasteiger partial charge in [-0.3, -0.25) is 4.79 Å². The zero-order chi connectivity index (χ0) is 23.9. The number of para-hydroxylation sites is 1. The second kappa shape index (κ2) is 11.0. The van der Waals surface area contributed by atoms with E-state index < -0.39 is 6.61 Å². The van der Waals surface area contributed by atoms with E-state index in [2.05, 4.69) is 27.1 Å². The van der Waals surface area contributed by atoms with Crippen molar-refractivity contribution in [2.75, 3.05) is 43.6 Å². The topological polar surface area (TPSA) is 54.0 Å². The molecule has 0 aromatic heterocycles. The van der Waals surface area contributed by atoms with Crippen molar-refractivity contribution in [3.05, 3.63) is 83.9 Å². The molecule has 1 N–H and O–H groups in total. The lowest BCUT2D eigenvalue weighted by molar-refractivity contribution is -0.0498. The summed E-state index contributed by atoms with van der Waals surface area (Å²) < 4.78 is 34.5. The van der Waals surface area contributed by atoms with E-state index in [9.17, 15) is 13.6 Å². The molecular formula is C26H27F2N3O3. The fraction of sp³-hybridized carbons (Fsp3) is 0.269. The van der Waals surface area contributed by atoms with Crippen LogP contribution in [-0.4, -0.2) is 50.8 Å². The van der Waals surface area contributed by atoms with Crippen LogP contribution in [0.1, 0.15) is 15.9 Å². The van der Waals surface area contributed by atoms with E-state index in [0.717, 1.165) is 37.6 Å². The van der Waals surface area contributed by atoms with E-state index >= 15 is 0 Å². The molecule has 1 aliphatic rings. The van der Waals surface area contributed by atoms with Gasteiger partial charge in [0.1, 0.15) is 5.75 Å². The van der Waals surface area contributed by atoms with Crippen molar-refractivity contribution >= 4 is 23.0 Å². The molecule has 0 atom stereocenters. The highest BCUT2D eigenvalue weighted by atomic mass is 19.3. The summed E-state index contributed by atoms with van der Waals surface area (Å²) in [5, 5.41) is 3.19. The molecule has 0 unspecified atom stereocenters. The predicted octanol–water partition coefficient (Wildman–Crippen LogP) is 5.14. The Balaban J connectivity index is 1.41. The Hall–Kier alpha value is -3.65. The maximum Gasteiger partial charge on any atom is 0.387 e. The number of hydrogen-bond acceptors (Lipinski definition) is 5. The number of alkyl halides is 2. The van der Waals surface area contributed by atoms with Crippen molar-refractivity contribution in [2.45, 2.75) is 13.2 Å². The van der Waals surface area contributed by atoms with Crippen molar-refractivity contribution < 1.29 is 23.0 Å². The summed E-state index contributed by atoms with van der Waals surface area (Å²) in [6.07, 6.45) is 0. The molecule has 1 aliphatic heterocycles. The Kier molecular flexibility index (Phi) is 7.59. The number of ether oxygens (including phenoxy) is 2. The summed E-state index contributed by atoms with van der Waals surface area (Å²) in [6, 6.07) is 21.6. The first-order chi connectivity index (χ1) is 16.5. The summed E-state index contributed by atoms with van der Waals surface area (Å²) in [7, 11) is 1.77. The third kappa shape index (κ3) is 6.02. The van der Waals surface area contributed by atoms with Gasteiger partial charge >= 0.3 is 6.61 Å². The molecule has 0 aliphatic carbocycles. The summed E-state index contributed by atoms with van der Waals surface area (Å²) in [6.45, 7) is 0.826. The van der Waals surface area contributed by atoms with E-state index in [4.69, 9.17) is 4.74 Å². The zero-order valence-corrected chi connectivity index (χ0v) is 18.9. The Labute approximate surface area is 197 Å². The minimum Gasteiger partial charge on any atom is -0.435 e. The molecule has 34 heavy (non-hydrogen) atoms. The lowest BCUT2D eigenvalue weighted by atomic mass is 10.1. The van der Waals surface area contributed by atoms with Crippen LogP contribution in [0.4, 0.5) is 25.8 Å². The molecule has 3 aromatic carbocycles. The molecule has 178 valence electrons. The third-order valence-electron chi connectivity index (χ3n) is 5.59. The van der Waals surface area contributed by atoms with Gasteiger partial charge in [-0.1, -0.05) is 24.3 Å². The summed E-state index contributed by atoms with van der Waals surface area (Å²) in [5.41, 5.74) is 3.99. The van der Waals surface area contributed by atoms with Gasteiger partial charge in [-0.05, 0) is 54.1 Å². The predicted molar refractivity (Wildman–Crippen MR) is 128 cm³/mol. The Morgan fingerprint density at radius 1 is 1.03 bits per heavy atom. The molecule has 8 heteroatoms. The Morgan fingerprint density at radius 2 is 1.71 bits per heavy atom. The molecule has 1 heterocycles. The normalized spacial score (nSPS) is 13.6. The van der Waals surface area contributed by atoms with Crippen LogP contribution in [0.15, 0.2) is 72.8 Å². The highest BCUT2D eigenvalue weighted by Gasteiger charge is 2.17. The van der Waals surface area contributed by atoms with E-state index in [-0.39, 0.29) is 11.7 Å². The first-order valence-corrected chi connectivity index (χ1v) is 11.1. The largest absolute Gasteiger partial charge is 0.435 e. The average molecular weight is 468 g/mol. The quantitative estimate of drug-likeness (QED) is 0.497. The van der Waals surface area contributed by atoms with Crippen LogP contribution in [0.5, 0.6) is 5.75 Å². The maximum atomic E-state index is 13.2. The molecule has 1 saturated heterocycles. The van der Waals surface area contributed by atoms with Crippen LogP contribution < -0.4 is 15.0 Å². The number of nitrogens with one attached hydrogen (secondary N) is 1.